The first-order valence-corrected chi connectivity index (χ1v) is 5.79. The van der Waals surface area contributed by atoms with E-state index < -0.39 is 17.7 Å². The number of carbonyl (C=O) groups excluding carboxylic acids is 1. The monoisotopic (exact) mass is 260 g/mol. The van der Waals surface area contributed by atoms with Gasteiger partial charge >= 0.3 is 12.1 Å². The number of hydrogen-bond donors (Lipinski definition) is 0. The van der Waals surface area contributed by atoms with Crippen molar-refractivity contribution in [2.24, 2.45) is 0 Å². The minimum absolute atomic E-state index is 0.138. The molecule has 1 aromatic rings. The van der Waals surface area contributed by atoms with Gasteiger partial charge in [0.1, 0.15) is 0 Å². The van der Waals surface area contributed by atoms with Crippen molar-refractivity contribution in [1.29, 1.82) is 0 Å². The second-order valence-corrected chi connectivity index (χ2v) is 3.92. The molecule has 2 nitrogen and oxygen atoms in total. The minimum Gasteiger partial charge on any atom is -0.462 e. The van der Waals surface area contributed by atoms with Crippen LogP contribution < -0.4 is 0 Å². The molecule has 18 heavy (non-hydrogen) atoms. The first-order chi connectivity index (χ1) is 8.45. The predicted octanol–water partition coefficient (Wildman–Crippen LogP) is 4.05. The Bertz CT molecular complexity index is 382. The highest BCUT2D eigenvalue weighted by Gasteiger charge is 2.30. The molecule has 0 aliphatic heterocycles. The van der Waals surface area contributed by atoms with Crippen LogP contribution in [0.1, 0.15) is 42.1 Å². The number of esters is 1. The molecule has 0 atom stereocenters. The highest BCUT2D eigenvalue weighted by Crippen LogP contribution is 2.29. The number of ether oxygens (including phenoxy) is 1. The molecule has 0 radical (unpaired) electrons. The number of benzene rings is 1. The molecule has 0 saturated carbocycles. The lowest BCUT2D eigenvalue weighted by Crippen LogP contribution is -2.08. The standard InChI is InChI=1S/C13H15F3O2/c1-2-3-4-9-18-12(17)10-5-7-11(8-6-10)13(14,15)16/h5-8H,2-4,9H2,1H3. The lowest BCUT2D eigenvalue weighted by Gasteiger charge is -2.07. The van der Waals surface area contributed by atoms with Crippen LogP contribution in [-0.2, 0) is 10.9 Å². The fraction of sp³-hybridized carbons (Fsp3) is 0.462. The highest BCUT2D eigenvalue weighted by atomic mass is 19.4. The number of rotatable bonds is 5. The number of halogens is 3. The van der Waals surface area contributed by atoms with E-state index in [1.807, 2.05) is 6.92 Å². The fourth-order valence-corrected chi connectivity index (χ4v) is 1.40. The van der Waals surface area contributed by atoms with Crippen molar-refractivity contribution in [3.63, 3.8) is 0 Å². The normalized spacial score (nSPS) is 11.3. The molecule has 0 aliphatic rings. The Morgan fingerprint density at radius 3 is 2.28 bits per heavy atom. The number of carbonyl (C=O) groups is 1. The summed E-state index contributed by atoms with van der Waals surface area (Å²) in [7, 11) is 0. The Morgan fingerprint density at radius 2 is 1.78 bits per heavy atom. The molecule has 0 heterocycles. The van der Waals surface area contributed by atoms with Crippen molar-refractivity contribution >= 4 is 5.97 Å². The minimum atomic E-state index is -4.39. The Labute approximate surface area is 104 Å². The predicted molar refractivity (Wildman–Crippen MR) is 61.3 cm³/mol. The van der Waals surface area contributed by atoms with Crippen LogP contribution >= 0.6 is 0 Å². The van der Waals surface area contributed by atoms with E-state index in [1.54, 1.807) is 0 Å². The maximum Gasteiger partial charge on any atom is 0.416 e. The second-order valence-electron chi connectivity index (χ2n) is 3.92. The van der Waals surface area contributed by atoms with Gasteiger partial charge in [0.25, 0.3) is 0 Å². The van der Waals surface area contributed by atoms with E-state index in [9.17, 15) is 18.0 Å². The maximum absolute atomic E-state index is 12.3. The van der Waals surface area contributed by atoms with Crippen molar-refractivity contribution in [3.8, 4) is 0 Å². The summed E-state index contributed by atoms with van der Waals surface area (Å²) in [4.78, 5) is 11.5. The molecule has 0 N–H and O–H groups in total. The van der Waals surface area contributed by atoms with Crippen LogP contribution in [0.4, 0.5) is 13.2 Å². The van der Waals surface area contributed by atoms with E-state index >= 15 is 0 Å². The van der Waals surface area contributed by atoms with Crippen LogP contribution in [0.3, 0.4) is 0 Å². The van der Waals surface area contributed by atoms with Crippen LogP contribution in [0.25, 0.3) is 0 Å². The molecule has 0 unspecified atom stereocenters. The maximum atomic E-state index is 12.3. The Kier molecular flexibility index (Phi) is 5.19. The van der Waals surface area contributed by atoms with Gasteiger partial charge in [0.15, 0.2) is 0 Å². The lowest BCUT2D eigenvalue weighted by molar-refractivity contribution is -0.137. The third kappa shape index (κ3) is 4.39. The average molecular weight is 260 g/mol. The number of hydrogen-bond acceptors (Lipinski definition) is 2. The van der Waals surface area contributed by atoms with Crippen molar-refractivity contribution in [1.82, 2.24) is 0 Å². The van der Waals surface area contributed by atoms with E-state index in [2.05, 4.69) is 0 Å². The molecule has 0 fully saturated rings. The largest absolute Gasteiger partial charge is 0.462 e. The lowest BCUT2D eigenvalue weighted by atomic mass is 10.1. The fourth-order valence-electron chi connectivity index (χ4n) is 1.40. The van der Waals surface area contributed by atoms with E-state index in [0.29, 0.717) is 6.61 Å². The van der Waals surface area contributed by atoms with Gasteiger partial charge in [-0.25, -0.2) is 4.79 Å². The first-order valence-electron chi connectivity index (χ1n) is 5.79. The zero-order valence-corrected chi connectivity index (χ0v) is 10.1. The molecule has 5 heteroatoms. The van der Waals surface area contributed by atoms with Gasteiger partial charge in [-0.05, 0) is 30.7 Å². The summed E-state index contributed by atoms with van der Waals surface area (Å²) >= 11 is 0. The van der Waals surface area contributed by atoms with Gasteiger partial charge in [-0.15, -0.1) is 0 Å². The molecule has 0 spiro atoms. The van der Waals surface area contributed by atoms with Crippen molar-refractivity contribution in [2.75, 3.05) is 6.61 Å². The van der Waals surface area contributed by atoms with Gasteiger partial charge in [-0.3, -0.25) is 0 Å². The summed E-state index contributed by atoms with van der Waals surface area (Å²) in [6.07, 6.45) is -1.65. The molecular weight excluding hydrogens is 245 g/mol. The Balaban J connectivity index is 2.54. The average Bonchev–Trinajstić information content (AvgIpc) is 2.33. The molecule has 0 amide bonds. The molecular formula is C13H15F3O2. The van der Waals surface area contributed by atoms with Crippen LogP contribution in [0.2, 0.25) is 0 Å². The smallest absolute Gasteiger partial charge is 0.416 e. The van der Waals surface area contributed by atoms with Crippen molar-refractivity contribution < 1.29 is 22.7 Å². The van der Waals surface area contributed by atoms with Gasteiger partial charge in [-0.1, -0.05) is 19.8 Å². The second kappa shape index (κ2) is 6.42. The molecule has 1 aromatic carbocycles. The summed E-state index contributed by atoms with van der Waals surface area (Å²) in [6.45, 7) is 2.32. The molecule has 100 valence electrons. The summed E-state index contributed by atoms with van der Waals surface area (Å²) in [5.41, 5.74) is -0.635. The Hall–Kier alpha value is -1.52. The van der Waals surface area contributed by atoms with Gasteiger partial charge in [0, 0.05) is 0 Å². The van der Waals surface area contributed by atoms with E-state index in [4.69, 9.17) is 4.74 Å². The summed E-state index contributed by atoms with van der Waals surface area (Å²) < 4.78 is 41.8. The summed E-state index contributed by atoms with van der Waals surface area (Å²) in [6, 6.07) is 4.02. The summed E-state index contributed by atoms with van der Waals surface area (Å²) in [5.74, 6) is -0.583. The van der Waals surface area contributed by atoms with E-state index in [-0.39, 0.29) is 5.56 Å². The highest BCUT2D eigenvalue weighted by molar-refractivity contribution is 5.89. The van der Waals surface area contributed by atoms with Gasteiger partial charge in [-0.2, -0.15) is 13.2 Å². The topological polar surface area (TPSA) is 26.3 Å². The molecule has 0 saturated heterocycles. The molecule has 1 rings (SSSR count). The van der Waals surface area contributed by atoms with Crippen LogP contribution in [0.5, 0.6) is 0 Å². The Morgan fingerprint density at radius 1 is 1.17 bits per heavy atom. The molecule has 0 aliphatic carbocycles. The third-order valence-electron chi connectivity index (χ3n) is 2.43. The molecule has 0 bridgehead atoms. The first kappa shape index (κ1) is 14.5. The number of unbranched alkanes of at least 4 members (excludes halogenated alkanes) is 2. The van der Waals surface area contributed by atoms with E-state index in [0.717, 1.165) is 43.5 Å². The summed E-state index contributed by atoms with van der Waals surface area (Å²) in [5, 5.41) is 0. The van der Waals surface area contributed by atoms with Crippen molar-refractivity contribution in [3.05, 3.63) is 35.4 Å². The quantitative estimate of drug-likeness (QED) is 0.589. The van der Waals surface area contributed by atoms with E-state index in [1.165, 1.54) is 0 Å². The molecule has 0 aromatic heterocycles. The zero-order valence-electron chi connectivity index (χ0n) is 10.1. The van der Waals surface area contributed by atoms with Gasteiger partial charge in [0.05, 0.1) is 17.7 Å². The van der Waals surface area contributed by atoms with Crippen molar-refractivity contribution in [2.45, 2.75) is 32.4 Å². The number of alkyl halides is 3. The third-order valence-corrected chi connectivity index (χ3v) is 2.43. The van der Waals surface area contributed by atoms with Gasteiger partial charge < -0.3 is 4.74 Å². The zero-order chi connectivity index (χ0) is 13.6. The van der Waals surface area contributed by atoms with Crippen LogP contribution in [-0.4, -0.2) is 12.6 Å². The van der Waals surface area contributed by atoms with Gasteiger partial charge in [0.2, 0.25) is 0 Å². The van der Waals surface area contributed by atoms with Crippen LogP contribution in [0, 0.1) is 0 Å². The SMILES string of the molecule is CCCCCOC(=O)c1ccc(C(F)(F)F)cc1. The van der Waals surface area contributed by atoms with Crippen LogP contribution in [0.15, 0.2) is 24.3 Å².